The Bertz CT molecular complexity index is 1600. The second-order valence-electron chi connectivity index (χ2n) is 16.9. The summed E-state index contributed by atoms with van der Waals surface area (Å²) < 4.78 is 0. The molecule has 19 heteroatoms. The molecule has 0 saturated carbocycles. The number of Topliss-reactive ketones (excluding diaryl/α,β-unsaturated/α-hetero) is 4. The average Bonchev–Trinajstić information content (AvgIpc) is 3.20. The van der Waals surface area contributed by atoms with Crippen molar-refractivity contribution in [3.05, 3.63) is 35.4 Å². The molecule has 64 heavy (non-hydrogen) atoms. The first-order valence-electron chi connectivity index (χ1n) is 22.0. The largest absolute Gasteiger partial charge is 0.480 e. The number of aliphatic hydroxyl groups is 1. The van der Waals surface area contributed by atoms with Crippen LogP contribution in [0.25, 0.3) is 0 Å². The number of rotatable bonds is 28. The maximum atomic E-state index is 13.6. The third-order valence-corrected chi connectivity index (χ3v) is 10.5. The number of aliphatic hydroxyl groups excluding tert-OH is 1. The van der Waals surface area contributed by atoms with Crippen LogP contribution in [-0.2, 0) is 56.0 Å². The molecule has 2 aliphatic heterocycles. The number of nitrogens with zero attached hydrogens (tertiary/aromatic N) is 3. The Morgan fingerprint density at radius 2 is 1.23 bits per heavy atom. The van der Waals surface area contributed by atoms with Gasteiger partial charge in [-0.15, -0.1) is 0 Å². The van der Waals surface area contributed by atoms with Crippen molar-refractivity contribution < 1.29 is 63.6 Å². The summed E-state index contributed by atoms with van der Waals surface area (Å²) in [6.07, 6.45) is 4.75. The first-order chi connectivity index (χ1) is 30.2. The van der Waals surface area contributed by atoms with Gasteiger partial charge in [-0.3, -0.25) is 57.9 Å². The molecule has 1 aromatic rings. The van der Waals surface area contributed by atoms with E-state index >= 15 is 0 Å². The lowest BCUT2D eigenvalue weighted by atomic mass is 9.78. The van der Waals surface area contributed by atoms with Gasteiger partial charge in [0.05, 0.1) is 38.8 Å². The Morgan fingerprint density at radius 1 is 0.719 bits per heavy atom. The summed E-state index contributed by atoms with van der Waals surface area (Å²) in [4.78, 5) is 111. The fraction of sp³-hybridized carbons (Fsp3) is 0.667. The fourth-order valence-electron chi connectivity index (χ4n) is 7.42. The highest BCUT2D eigenvalue weighted by Crippen LogP contribution is 2.28. The smallest absolute Gasteiger partial charge is 0.317 e. The Morgan fingerprint density at radius 3 is 1.73 bits per heavy atom. The van der Waals surface area contributed by atoms with Crippen molar-refractivity contribution in [2.24, 2.45) is 17.8 Å². The highest BCUT2D eigenvalue weighted by atomic mass is 16.4. The van der Waals surface area contributed by atoms with Crippen LogP contribution in [0.5, 0.6) is 0 Å². The molecule has 0 radical (unpaired) electrons. The van der Waals surface area contributed by atoms with Gasteiger partial charge in [0.2, 0.25) is 11.8 Å². The van der Waals surface area contributed by atoms with Gasteiger partial charge in [0.25, 0.3) is 0 Å². The van der Waals surface area contributed by atoms with E-state index in [9.17, 15) is 48.3 Å². The Balaban J connectivity index is 0.000000675. The predicted octanol–water partition coefficient (Wildman–Crippen LogP) is 0.679. The molecule has 0 saturated heterocycles. The number of benzene rings is 1. The maximum Gasteiger partial charge on any atom is 0.317 e. The molecular formula is C45H72N6O13. The van der Waals surface area contributed by atoms with Gasteiger partial charge in [-0.05, 0) is 83.0 Å². The average molecular weight is 905 g/mol. The number of carboxylic acid groups (broad SMARTS) is 3. The zero-order chi connectivity index (χ0) is 48.2. The molecule has 0 aromatic heterocycles. The normalized spacial score (nSPS) is 16.7. The van der Waals surface area contributed by atoms with Gasteiger partial charge in [-0.25, -0.2) is 0 Å². The third-order valence-electron chi connectivity index (χ3n) is 10.5. The summed E-state index contributed by atoms with van der Waals surface area (Å²) >= 11 is 0. The Labute approximate surface area is 376 Å². The molecule has 0 fully saturated rings. The van der Waals surface area contributed by atoms with E-state index in [4.69, 9.17) is 15.3 Å². The molecule has 19 nitrogen and oxygen atoms in total. The lowest BCUT2D eigenvalue weighted by Crippen LogP contribution is -2.48. The zero-order valence-electron chi connectivity index (χ0n) is 38.3. The minimum atomic E-state index is -1.16. The molecule has 1 unspecified atom stereocenters. The Hall–Kier alpha value is -4.95. The number of ketones is 4. The summed E-state index contributed by atoms with van der Waals surface area (Å²) in [6, 6.07) is 7.28. The highest BCUT2D eigenvalue weighted by Gasteiger charge is 2.35. The molecule has 2 bridgehead atoms. The number of carboxylic acids is 3. The number of carbonyl (C=O) groups excluding carboxylic acids is 6. The molecule has 1 aromatic carbocycles. The topological polar surface area (TPSA) is 280 Å². The SMILES string of the molecule is CC(=O)CN(CCN(CC(C)=O)CC(=O)O)CCN(CC(=O)O)CC(=O)O.CNCCCNC(=O)CCC(=O)C1Cc2ccc(cc2)CCCC[C@H](C(=O)CO)[C@@H](CC(C)C)C(=O)N1. The predicted molar refractivity (Wildman–Crippen MR) is 238 cm³/mol. The molecule has 3 atom stereocenters. The quantitative estimate of drug-likeness (QED) is 0.0570. The molecule has 2 heterocycles. The first-order valence-corrected chi connectivity index (χ1v) is 22.0. The highest BCUT2D eigenvalue weighted by molar-refractivity contribution is 5.94. The number of amides is 2. The summed E-state index contributed by atoms with van der Waals surface area (Å²) in [5, 5.41) is 45.0. The van der Waals surface area contributed by atoms with Crippen LogP contribution < -0.4 is 16.0 Å². The van der Waals surface area contributed by atoms with E-state index in [0.29, 0.717) is 25.8 Å². The second kappa shape index (κ2) is 31.8. The summed E-state index contributed by atoms with van der Waals surface area (Å²) in [5.41, 5.74) is 2.12. The van der Waals surface area contributed by atoms with Crippen LogP contribution in [0.3, 0.4) is 0 Å². The zero-order valence-corrected chi connectivity index (χ0v) is 38.3. The van der Waals surface area contributed by atoms with Crippen LogP contribution in [0, 0.1) is 17.8 Å². The lowest BCUT2D eigenvalue weighted by Gasteiger charge is -2.29. The molecule has 360 valence electrons. The van der Waals surface area contributed by atoms with Crippen LogP contribution in [0.1, 0.15) is 83.8 Å². The second-order valence-corrected chi connectivity index (χ2v) is 16.9. The van der Waals surface area contributed by atoms with Gasteiger partial charge in [0, 0.05) is 57.4 Å². The monoisotopic (exact) mass is 905 g/mol. The van der Waals surface area contributed by atoms with Crippen molar-refractivity contribution in [2.45, 2.75) is 91.5 Å². The van der Waals surface area contributed by atoms with Crippen molar-refractivity contribution in [2.75, 3.05) is 85.6 Å². The molecule has 7 N–H and O–H groups in total. The summed E-state index contributed by atoms with van der Waals surface area (Å²) in [6.45, 7) is 7.07. The van der Waals surface area contributed by atoms with Crippen LogP contribution in [-0.4, -0.2) is 180 Å². The first kappa shape index (κ1) is 57.1. The van der Waals surface area contributed by atoms with E-state index in [2.05, 4.69) is 16.0 Å². The number of nitrogens with one attached hydrogen (secondary N) is 3. The number of fused-ring (bicyclic) bond motifs is 11. The van der Waals surface area contributed by atoms with E-state index in [1.165, 1.54) is 29.2 Å². The molecule has 2 amide bonds. The number of carbonyl (C=O) groups is 9. The van der Waals surface area contributed by atoms with Crippen molar-refractivity contribution in [1.82, 2.24) is 30.7 Å². The van der Waals surface area contributed by atoms with Crippen LogP contribution >= 0.6 is 0 Å². The third kappa shape index (κ3) is 26.0. The minimum absolute atomic E-state index is 0.0226. The van der Waals surface area contributed by atoms with Crippen molar-refractivity contribution >= 4 is 52.9 Å². The van der Waals surface area contributed by atoms with E-state index in [-0.39, 0.29) is 99.5 Å². The molecule has 3 rings (SSSR count). The van der Waals surface area contributed by atoms with Gasteiger partial charge in [-0.2, -0.15) is 0 Å². The van der Waals surface area contributed by atoms with Crippen LogP contribution in [0.4, 0.5) is 0 Å². The molecule has 0 aliphatic carbocycles. The number of hydrogen-bond donors (Lipinski definition) is 7. The summed E-state index contributed by atoms with van der Waals surface area (Å²) in [7, 11) is 1.85. The van der Waals surface area contributed by atoms with E-state index in [1.54, 1.807) is 4.90 Å². The van der Waals surface area contributed by atoms with Crippen LogP contribution in [0.2, 0.25) is 0 Å². The van der Waals surface area contributed by atoms with Gasteiger partial charge < -0.3 is 36.4 Å². The number of aliphatic carboxylic acids is 3. The number of aryl methyl sites for hydroxylation is 1. The van der Waals surface area contributed by atoms with Gasteiger partial charge in [0.1, 0.15) is 18.2 Å². The van der Waals surface area contributed by atoms with Gasteiger partial charge in [0.15, 0.2) is 11.6 Å². The Kier molecular flexibility index (Phi) is 28.4. The summed E-state index contributed by atoms with van der Waals surface area (Å²) in [5.74, 6) is -5.83. The van der Waals surface area contributed by atoms with Crippen molar-refractivity contribution in [3.63, 3.8) is 0 Å². The fourth-order valence-corrected chi connectivity index (χ4v) is 7.42. The lowest BCUT2D eigenvalue weighted by molar-refractivity contribution is -0.142. The molecule has 2 aliphatic rings. The van der Waals surface area contributed by atoms with Crippen molar-refractivity contribution in [1.29, 1.82) is 0 Å². The van der Waals surface area contributed by atoms with E-state index < -0.39 is 55.5 Å². The van der Waals surface area contributed by atoms with Gasteiger partial charge >= 0.3 is 17.9 Å². The molecular weight excluding hydrogens is 833 g/mol. The molecule has 0 spiro atoms. The number of hydrogen-bond acceptors (Lipinski definition) is 14. The maximum absolute atomic E-state index is 13.6. The van der Waals surface area contributed by atoms with Crippen LogP contribution in [0.15, 0.2) is 24.3 Å². The minimum Gasteiger partial charge on any atom is -0.480 e. The van der Waals surface area contributed by atoms with Gasteiger partial charge in [-0.1, -0.05) is 44.5 Å². The van der Waals surface area contributed by atoms with E-state index in [1.807, 2.05) is 45.2 Å². The van der Waals surface area contributed by atoms with E-state index in [0.717, 1.165) is 37.8 Å². The van der Waals surface area contributed by atoms with Crippen molar-refractivity contribution in [3.8, 4) is 0 Å². The standard InChI is InChI=1S/C29H45N3O5.C16H27N3O8/c1-20(2)17-24-23(27(35)19-33)8-5-4-7-21-9-11-22(12-10-21)18-25(32-29(24)37)26(34)13-14-28(36)31-16-6-15-30-3;1-12(20)7-17(3-5-18(8-13(2)21)9-14(22)23)4-6-19(10-15(24)25)11-16(26)27/h9-12,20,23-25,30,33H,4-8,13-19H2,1-3H3,(H,31,36)(H,32,37);3-11H2,1-2H3,(H,22,23)(H,24,25)(H,26,27)/t23-,24+,25?;/m0./s1.